The molecular formula is C70H129NO8. The van der Waals surface area contributed by atoms with Crippen molar-refractivity contribution in [3.05, 3.63) is 48.6 Å². The van der Waals surface area contributed by atoms with Crippen LogP contribution in [-0.4, -0.2) is 82.3 Å². The summed E-state index contributed by atoms with van der Waals surface area (Å²) in [4.78, 5) is 37.2. The van der Waals surface area contributed by atoms with Gasteiger partial charge in [0.2, 0.25) is 0 Å². The van der Waals surface area contributed by atoms with Crippen molar-refractivity contribution in [2.24, 2.45) is 0 Å². The number of hydrogen-bond donors (Lipinski definition) is 0. The highest BCUT2D eigenvalue weighted by molar-refractivity contribution is 5.70. The van der Waals surface area contributed by atoms with E-state index in [0.29, 0.717) is 17.4 Å². The molecule has 9 nitrogen and oxygen atoms in total. The van der Waals surface area contributed by atoms with Crippen LogP contribution in [0.1, 0.15) is 322 Å². The van der Waals surface area contributed by atoms with E-state index >= 15 is 0 Å². The van der Waals surface area contributed by atoms with Gasteiger partial charge in [0.15, 0.2) is 12.4 Å². The summed E-state index contributed by atoms with van der Waals surface area (Å²) in [5.41, 5.74) is 0. The van der Waals surface area contributed by atoms with E-state index in [1.54, 1.807) is 0 Å². The summed E-state index contributed by atoms with van der Waals surface area (Å²) in [6, 6.07) is 0. The van der Waals surface area contributed by atoms with Gasteiger partial charge in [-0.2, -0.15) is 0 Å². The van der Waals surface area contributed by atoms with E-state index in [0.717, 1.165) is 57.8 Å². The van der Waals surface area contributed by atoms with Gasteiger partial charge in [0.25, 0.3) is 0 Å². The SMILES string of the molecule is CC/C=C\C/C=C\C/C=C\CCCCCC(=O)OC(COC(=O)CCCCCCCCCCCCCCCCCCCCCCCCCCCCCCC/C=C\CCCCCCCCCC)COC(OCC[N+](C)(C)C)C(=O)[O-]. The second kappa shape index (κ2) is 61.3. The second-order valence-corrected chi connectivity index (χ2v) is 24.1. The fraction of sp³-hybridized carbons (Fsp3) is 0.843. The van der Waals surface area contributed by atoms with Gasteiger partial charge in [-0.25, -0.2) is 0 Å². The standard InChI is InChI=1S/C70H129NO8/c1-6-8-10-12-14-16-18-20-21-22-23-24-25-26-27-28-29-30-31-32-33-34-35-36-37-38-39-40-41-42-43-44-45-46-47-49-50-52-54-56-58-60-67(72)77-64-66(65-78-70(69(74)75)76-63-62-71(3,4)5)79-68(73)61-59-57-55-53-51-48-19-17-15-13-11-9-7-2/h9,11,15,17,22-23,48,51,66,70H,6-8,10,12-14,16,18-21,24-47,49-50,52-65H2,1-5H3/b11-9-,17-15-,23-22-,51-48-. The van der Waals surface area contributed by atoms with Crippen LogP contribution in [0.15, 0.2) is 48.6 Å². The fourth-order valence-electron chi connectivity index (χ4n) is 9.90. The minimum atomic E-state index is -1.63. The number of hydrogen-bond acceptors (Lipinski definition) is 8. The molecule has 0 bridgehead atoms. The number of carboxylic acid groups (broad SMARTS) is 1. The molecule has 0 spiro atoms. The lowest BCUT2D eigenvalue weighted by atomic mass is 10.0. The molecule has 0 aliphatic heterocycles. The number of carbonyl (C=O) groups excluding carboxylic acids is 3. The van der Waals surface area contributed by atoms with E-state index in [1.165, 1.54) is 231 Å². The van der Waals surface area contributed by atoms with E-state index in [1.807, 2.05) is 21.1 Å². The summed E-state index contributed by atoms with van der Waals surface area (Å²) in [5, 5.41) is 11.8. The quantitative estimate of drug-likeness (QED) is 0.0195. The monoisotopic (exact) mass is 1110 g/mol. The molecule has 0 saturated heterocycles. The minimum absolute atomic E-state index is 0.142. The number of quaternary nitrogens is 1. The first-order valence-electron chi connectivity index (χ1n) is 33.8. The molecular weight excluding hydrogens is 983 g/mol. The van der Waals surface area contributed by atoms with Crippen molar-refractivity contribution in [3.8, 4) is 0 Å². The van der Waals surface area contributed by atoms with Gasteiger partial charge in [-0.15, -0.1) is 0 Å². The van der Waals surface area contributed by atoms with Gasteiger partial charge < -0.3 is 33.3 Å². The smallest absolute Gasteiger partial charge is 0.306 e. The van der Waals surface area contributed by atoms with Crippen LogP contribution in [0.25, 0.3) is 0 Å². The van der Waals surface area contributed by atoms with Crippen molar-refractivity contribution in [2.75, 3.05) is 47.5 Å². The van der Waals surface area contributed by atoms with Crippen molar-refractivity contribution in [3.63, 3.8) is 0 Å². The Morgan fingerprint density at radius 3 is 1.10 bits per heavy atom. The van der Waals surface area contributed by atoms with Crippen molar-refractivity contribution < 1.29 is 42.9 Å². The van der Waals surface area contributed by atoms with Crippen molar-refractivity contribution in [2.45, 2.75) is 334 Å². The lowest BCUT2D eigenvalue weighted by Gasteiger charge is -2.26. The zero-order valence-corrected chi connectivity index (χ0v) is 52.8. The lowest BCUT2D eigenvalue weighted by Crippen LogP contribution is -2.44. The molecule has 0 heterocycles. The molecule has 0 amide bonds. The maximum atomic E-state index is 12.8. The predicted octanol–water partition coefficient (Wildman–Crippen LogP) is 19.2. The van der Waals surface area contributed by atoms with Crippen LogP contribution in [0.3, 0.4) is 0 Å². The first-order valence-corrected chi connectivity index (χ1v) is 33.8. The van der Waals surface area contributed by atoms with E-state index < -0.39 is 24.3 Å². The molecule has 0 N–H and O–H groups in total. The van der Waals surface area contributed by atoms with Gasteiger partial charge in [-0.3, -0.25) is 9.59 Å². The number of carbonyl (C=O) groups is 3. The number of aliphatic carboxylic acids is 1. The Morgan fingerprint density at radius 2 is 0.722 bits per heavy atom. The van der Waals surface area contributed by atoms with Crippen LogP contribution in [0.5, 0.6) is 0 Å². The van der Waals surface area contributed by atoms with E-state index in [-0.39, 0.29) is 38.6 Å². The largest absolute Gasteiger partial charge is 0.545 e. The number of ether oxygens (including phenoxy) is 4. The van der Waals surface area contributed by atoms with Crippen LogP contribution in [0.4, 0.5) is 0 Å². The molecule has 0 radical (unpaired) electrons. The first-order chi connectivity index (χ1) is 38.6. The van der Waals surface area contributed by atoms with E-state index in [4.69, 9.17) is 18.9 Å². The maximum Gasteiger partial charge on any atom is 0.306 e. The number of esters is 2. The Kier molecular flexibility index (Phi) is 59.2. The summed E-state index contributed by atoms with van der Waals surface area (Å²) >= 11 is 0. The molecule has 0 aromatic carbocycles. The third kappa shape index (κ3) is 62.7. The van der Waals surface area contributed by atoms with Crippen molar-refractivity contribution in [1.82, 2.24) is 0 Å². The highest BCUT2D eigenvalue weighted by Crippen LogP contribution is 2.18. The molecule has 9 heteroatoms. The van der Waals surface area contributed by atoms with E-state index in [2.05, 4.69) is 62.5 Å². The zero-order valence-electron chi connectivity index (χ0n) is 52.8. The Morgan fingerprint density at radius 1 is 0.392 bits per heavy atom. The van der Waals surface area contributed by atoms with Crippen LogP contribution in [0.2, 0.25) is 0 Å². The molecule has 2 unspecified atom stereocenters. The fourth-order valence-corrected chi connectivity index (χ4v) is 9.90. The molecule has 2 atom stereocenters. The molecule has 0 aliphatic rings. The normalized spacial score (nSPS) is 13.0. The summed E-state index contributed by atoms with van der Waals surface area (Å²) in [7, 11) is 5.91. The minimum Gasteiger partial charge on any atom is -0.545 e. The van der Waals surface area contributed by atoms with Crippen LogP contribution < -0.4 is 5.11 Å². The number of nitrogens with zero attached hydrogens (tertiary/aromatic N) is 1. The van der Waals surface area contributed by atoms with Crippen LogP contribution in [-0.2, 0) is 33.3 Å². The topological polar surface area (TPSA) is 111 Å². The predicted molar refractivity (Wildman–Crippen MR) is 334 cm³/mol. The molecule has 0 aromatic rings. The summed E-state index contributed by atoms with van der Waals surface area (Å²) in [6.07, 6.45) is 75.3. The van der Waals surface area contributed by atoms with Gasteiger partial charge in [0.1, 0.15) is 13.2 Å². The van der Waals surface area contributed by atoms with Crippen molar-refractivity contribution >= 4 is 17.9 Å². The molecule has 79 heavy (non-hydrogen) atoms. The number of likely N-dealkylation sites (N-methyl/N-ethyl adjacent to an activating group) is 1. The number of rotatable bonds is 63. The molecule has 0 fully saturated rings. The summed E-state index contributed by atoms with van der Waals surface area (Å²) in [5.74, 6) is -2.31. The third-order valence-corrected chi connectivity index (χ3v) is 15.1. The van der Waals surface area contributed by atoms with Gasteiger partial charge in [-0.05, 0) is 70.6 Å². The van der Waals surface area contributed by atoms with Gasteiger partial charge in [0, 0.05) is 12.8 Å². The highest BCUT2D eigenvalue weighted by Gasteiger charge is 2.22. The Balaban J connectivity index is 3.85. The molecule has 462 valence electrons. The molecule has 0 aliphatic carbocycles. The molecule has 0 rings (SSSR count). The molecule has 0 saturated carbocycles. The Labute approximate surface area is 489 Å². The van der Waals surface area contributed by atoms with Gasteiger partial charge in [-0.1, -0.05) is 287 Å². The maximum absolute atomic E-state index is 12.8. The zero-order chi connectivity index (χ0) is 57.6. The second-order valence-electron chi connectivity index (χ2n) is 24.1. The Hall–Kier alpha value is -2.75. The van der Waals surface area contributed by atoms with Crippen LogP contribution >= 0.6 is 0 Å². The highest BCUT2D eigenvalue weighted by atomic mass is 16.7. The Bertz CT molecular complexity index is 1430. The van der Waals surface area contributed by atoms with Crippen molar-refractivity contribution in [1.29, 1.82) is 0 Å². The number of unbranched alkanes of at least 4 members (excludes halogenated alkanes) is 40. The average molecular weight is 1110 g/mol. The average Bonchev–Trinajstić information content (AvgIpc) is 3.42. The summed E-state index contributed by atoms with van der Waals surface area (Å²) in [6.45, 7) is 4.62. The van der Waals surface area contributed by atoms with Gasteiger partial charge >= 0.3 is 11.9 Å². The third-order valence-electron chi connectivity index (χ3n) is 15.1. The van der Waals surface area contributed by atoms with Crippen LogP contribution in [0, 0.1) is 0 Å². The van der Waals surface area contributed by atoms with Gasteiger partial charge in [0.05, 0.1) is 40.3 Å². The first kappa shape index (κ1) is 76.2. The number of carboxylic acids is 1. The summed E-state index contributed by atoms with van der Waals surface area (Å²) < 4.78 is 22.7. The number of allylic oxidation sites excluding steroid dienone is 8. The van der Waals surface area contributed by atoms with E-state index in [9.17, 15) is 19.5 Å². The lowest BCUT2D eigenvalue weighted by molar-refractivity contribution is -0.870. The molecule has 0 aromatic heterocycles.